The van der Waals surface area contributed by atoms with Crippen LogP contribution in [0.5, 0.6) is 0 Å². The number of carbonyl (C=O) groups excluding carboxylic acids is 2. The second-order valence-corrected chi connectivity index (χ2v) is 11.6. The van der Waals surface area contributed by atoms with Crippen LogP contribution in [0.4, 0.5) is 4.39 Å². The third kappa shape index (κ3) is 4.76. The fraction of sp³-hybridized carbons (Fsp3) is 0.400. The lowest BCUT2D eigenvalue weighted by molar-refractivity contribution is -0.144. The first-order valence-corrected chi connectivity index (χ1v) is 14.1. The monoisotopic (exact) mass is 563 g/mol. The highest BCUT2D eigenvalue weighted by molar-refractivity contribution is 6.30. The van der Waals surface area contributed by atoms with E-state index in [0.29, 0.717) is 22.7 Å². The van der Waals surface area contributed by atoms with Gasteiger partial charge in [-0.1, -0.05) is 36.2 Å². The summed E-state index contributed by atoms with van der Waals surface area (Å²) in [7, 11) is 0. The van der Waals surface area contributed by atoms with Crippen LogP contribution >= 0.6 is 11.6 Å². The summed E-state index contributed by atoms with van der Waals surface area (Å²) in [5, 5.41) is 3.43. The molecule has 0 spiro atoms. The van der Waals surface area contributed by atoms with Gasteiger partial charge in [-0.3, -0.25) is 14.4 Å². The molecule has 1 saturated heterocycles. The molecule has 2 amide bonds. The number of benzene rings is 1. The van der Waals surface area contributed by atoms with E-state index in [1.54, 1.807) is 30.3 Å². The number of rotatable bonds is 6. The van der Waals surface area contributed by atoms with Gasteiger partial charge in [-0.05, 0) is 49.6 Å². The molecule has 1 aliphatic carbocycles. The van der Waals surface area contributed by atoms with Crippen molar-refractivity contribution in [1.29, 1.82) is 0 Å². The van der Waals surface area contributed by atoms with Crippen molar-refractivity contribution in [3.05, 3.63) is 79.6 Å². The molecule has 8 nitrogen and oxygen atoms in total. The molecule has 0 atom stereocenters. The Morgan fingerprint density at radius 2 is 1.95 bits per heavy atom. The van der Waals surface area contributed by atoms with Crippen molar-refractivity contribution in [2.75, 3.05) is 13.1 Å². The smallest absolute Gasteiger partial charge is 0.264 e. The molecule has 0 unspecified atom stereocenters. The Hall–Kier alpha value is -3.72. The number of carbonyl (C=O) groups is 2. The number of amides is 2. The number of alkyl halides is 1. The van der Waals surface area contributed by atoms with Crippen molar-refractivity contribution >= 4 is 29.5 Å². The van der Waals surface area contributed by atoms with Gasteiger partial charge in [0.15, 0.2) is 0 Å². The predicted molar refractivity (Wildman–Crippen MR) is 151 cm³/mol. The third-order valence-corrected chi connectivity index (χ3v) is 8.26. The minimum Gasteiger partial charge on any atom is -0.348 e. The molecular weight excluding hydrogens is 533 g/mol. The minimum atomic E-state index is -1.43. The van der Waals surface area contributed by atoms with Crippen LogP contribution in [-0.4, -0.2) is 49.6 Å². The molecule has 1 aromatic carbocycles. The van der Waals surface area contributed by atoms with Gasteiger partial charge in [0.25, 0.3) is 11.5 Å². The van der Waals surface area contributed by atoms with Crippen molar-refractivity contribution in [1.82, 2.24) is 24.3 Å². The number of nitrogens with zero attached hydrogens (tertiary/aromatic N) is 4. The minimum absolute atomic E-state index is 0.0118. The zero-order chi connectivity index (χ0) is 28.2. The quantitative estimate of drug-likeness (QED) is 0.488. The maximum absolute atomic E-state index is 14.2. The maximum Gasteiger partial charge on any atom is 0.264 e. The average Bonchev–Trinajstić information content (AvgIpc) is 3.46. The van der Waals surface area contributed by atoms with Crippen molar-refractivity contribution < 1.29 is 14.0 Å². The van der Waals surface area contributed by atoms with Gasteiger partial charge in [0.2, 0.25) is 5.91 Å². The van der Waals surface area contributed by atoms with E-state index in [-0.39, 0.29) is 37.6 Å². The normalized spacial score (nSPS) is 16.8. The molecule has 1 fully saturated rings. The molecular formula is C30H31ClFN5O3. The number of hydrogen-bond acceptors (Lipinski definition) is 4. The van der Waals surface area contributed by atoms with Crippen LogP contribution in [0.1, 0.15) is 59.8 Å². The highest BCUT2D eigenvalue weighted by Gasteiger charge is 2.41. The van der Waals surface area contributed by atoms with E-state index in [1.165, 1.54) is 16.4 Å². The molecule has 3 aliphatic rings. The molecule has 10 heteroatoms. The van der Waals surface area contributed by atoms with E-state index in [9.17, 15) is 18.8 Å². The first-order chi connectivity index (χ1) is 19.1. The lowest BCUT2D eigenvalue weighted by Crippen LogP contribution is -2.60. The largest absolute Gasteiger partial charge is 0.348 e. The summed E-state index contributed by atoms with van der Waals surface area (Å²) in [6, 6.07) is 8.71. The number of allylic oxidation sites excluding steroid dienone is 1. The van der Waals surface area contributed by atoms with Gasteiger partial charge in [0.05, 0.1) is 24.5 Å². The standard InChI is InChI=1S/C30H31ClFN5O3/c1-3-18-11-23-21(27-24(12-18)36-10-4-5-25(36)34-27)13-22(28(39)33-14-19-6-8-20(31)9-7-19)29(40)37(23)15-26(38)35-16-30(2,32)17-35/h6-9,12-13H,3-5,10-11,14-17H2,1-2H3,(H,33,39). The van der Waals surface area contributed by atoms with Crippen LogP contribution in [0, 0.1) is 0 Å². The zero-order valence-corrected chi connectivity index (χ0v) is 23.4. The Morgan fingerprint density at radius 1 is 1.20 bits per heavy atom. The predicted octanol–water partition coefficient (Wildman–Crippen LogP) is 4.16. The summed E-state index contributed by atoms with van der Waals surface area (Å²) < 4.78 is 17.8. The number of nitrogens with one attached hydrogen (secondary N) is 1. The second kappa shape index (κ2) is 10.0. The summed E-state index contributed by atoms with van der Waals surface area (Å²) >= 11 is 5.98. The van der Waals surface area contributed by atoms with Gasteiger partial charge in [0.1, 0.15) is 23.6 Å². The van der Waals surface area contributed by atoms with Crippen molar-refractivity contribution in [2.45, 2.75) is 64.8 Å². The van der Waals surface area contributed by atoms with Crippen LogP contribution in [0.2, 0.25) is 5.02 Å². The molecule has 0 bridgehead atoms. The summed E-state index contributed by atoms with van der Waals surface area (Å²) in [5.41, 5.74) is 2.94. The van der Waals surface area contributed by atoms with Crippen LogP contribution in [0.3, 0.4) is 0 Å². The van der Waals surface area contributed by atoms with Crippen molar-refractivity contribution in [2.24, 2.45) is 0 Å². The third-order valence-electron chi connectivity index (χ3n) is 8.01. The Labute approximate surface area is 236 Å². The van der Waals surface area contributed by atoms with Gasteiger partial charge in [-0.25, -0.2) is 9.37 Å². The van der Waals surface area contributed by atoms with Gasteiger partial charge < -0.3 is 19.4 Å². The second-order valence-electron chi connectivity index (χ2n) is 11.1. The molecule has 2 aliphatic heterocycles. The van der Waals surface area contributed by atoms with Gasteiger partial charge >= 0.3 is 0 Å². The van der Waals surface area contributed by atoms with Crippen molar-refractivity contribution in [3.8, 4) is 11.3 Å². The first kappa shape index (κ1) is 26.5. The highest BCUT2D eigenvalue weighted by atomic mass is 35.5. The van der Waals surface area contributed by atoms with E-state index in [0.717, 1.165) is 54.2 Å². The van der Waals surface area contributed by atoms with E-state index in [2.05, 4.69) is 22.9 Å². The van der Waals surface area contributed by atoms with E-state index >= 15 is 0 Å². The molecule has 6 rings (SSSR count). The van der Waals surface area contributed by atoms with E-state index in [1.807, 2.05) is 0 Å². The van der Waals surface area contributed by atoms with Crippen LogP contribution in [-0.2, 0) is 37.3 Å². The summed E-state index contributed by atoms with van der Waals surface area (Å²) in [5.74, 6) is 0.0948. The number of fused-ring (bicyclic) bond motifs is 5. The Balaban J connectivity index is 1.44. The summed E-state index contributed by atoms with van der Waals surface area (Å²) in [6.07, 6.45) is 5.23. The van der Waals surface area contributed by atoms with Crippen LogP contribution in [0.15, 0.2) is 40.7 Å². The SMILES string of the molecule is CCC1=Cc2c(nc3n2CCC3)-c2cc(C(=O)NCc3ccc(Cl)cc3)c(=O)n(CC(=O)N3CC(C)(F)C3)c2C1. The number of aryl methyl sites for hydroxylation is 1. The molecule has 0 radical (unpaired) electrons. The lowest BCUT2D eigenvalue weighted by Gasteiger charge is -2.42. The highest BCUT2D eigenvalue weighted by Crippen LogP contribution is 2.36. The molecule has 4 heterocycles. The van der Waals surface area contributed by atoms with Crippen LogP contribution < -0.4 is 10.9 Å². The topological polar surface area (TPSA) is 89.2 Å². The Morgan fingerprint density at radius 3 is 2.65 bits per heavy atom. The van der Waals surface area contributed by atoms with Crippen molar-refractivity contribution in [3.63, 3.8) is 0 Å². The Bertz CT molecular complexity index is 1610. The molecule has 2 aromatic heterocycles. The van der Waals surface area contributed by atoms with E-state index in [4.69, 9.17) is 16.6 Å². The molecule has 3 aromatic rings. The molecule has 208 valence electrons. The number of halogens is 2. The van der Waals surface area contributed by atoms with Gasteiger partial charge in [-0.15, -0.1) is 0 Å². The number of imidazole rings is 1. The Kier molecular flexibility index (Phi) is 6.65. The van der Waals surface area contributed by atoms with Crippen LogP contribution in [0.25, 0.3) is 17.3 Å². The fourth-order valence-corrected chi connectivity index (χ4v) is 5.98. The number of aromatic nitrogens is 3. The number of likely N-dealkylation sites (tertiary alicyclic amines) is 1. The summed E-state index contributed by atoms with van der Waals surface area (Å²) in [4.78, 5) is 46.9. The number of hydrogen-bond donors (Lipinski definition) is 1. The lowest BCUT2D eigenvalue weighted by atomic mass is 9.98. The summed E-state index contributed by atoms with van der Waals surface area (Å²) in [6.45, 7) is 4.30. The first-order valence-electron chi connectivity index (χ1n) is 13.7. The average molecular weight is 564 g/mol. The molecule has 40 heavy (non-hydrogen) atoms. The van der Waals surface area contributed by atoms with Gasteiger partial charge in [0, 0.05) is 42.2 Å². The van der Waals surface area contributed by atoms with Gasteiger partial charge in [-0.2, -0.15) is 0 Å². The number of pyridine rings is 1. The molecule has 0 saturated carbocycles. The zero-order valence-electron chi connectivity index (χ0n) is 22.6. The molecule has 1 N–H and O–H groups in total. The van der Waals surface area contributed by atoms with E-state index < -0.39 is 17.1 Å². The fourth-order valence-electron chi connectivity index (χ4n) is 5.85. The maximum atomic E-state index is 14.2.